The summed E-state index contributed by atoms with van der Waals surface area (Å²) in [5.41, 5.74) is 2.58. The number of ketones is 1. The van der Waals surface area contributed by atoms with Crippen LogP contribution in [-0.2, 0) is 6.42 Å². The topological polar surface area (TPSA) is 39.2 Å². The molecule has 1 aliphatic heterocycles. The van der Waals surface area contributed by atoms with Crippen molar-refractivity contribution in [3.05, 3.63) is 71.9 Å². The maximum Gasteiger partial charge on any atom is 0.203 e. The lowest BCUT2D eigenvalue weighted by Gasteiger charge is -2.10. The fourth-order valence-electron chi connectivity index (χ4n) is 2.73. The van der Waals surface area contributed by atoms with E-state index in [-0.39, 0.29) is 5.78 Å². The summed E-state index contributed by atoms with van der Waals surface area (Å²) in [5, 5.41) is 1.03. The molecule has 0 aliphatic carbocycles. The summed E-state index contributed by atoms with van der Waals surface area (Å²) in [6.07, 6.45) is 1.94. The summed E-state index contributed by atoms with van der Waals surface area (Å²) in [6, 6.07) is 17.3. The number of carbonyl (C=O) groups excluding carboxylic acids is 1. The number of para-hydroxylation sites is 1. The summed E-state index contributed by atoms with van der Waals surface area (Å²) in [4.78, 5) is 16.9. The van der Waals surface area contributed by atoms with Gasteiger partial charge in [-0.05, 0) is 23.8 Å². The molecule has 3 nitrogen and oxygen atoms in total. The number of rotatable bonds is 2. The molecule has 1 atom stereocenters. The van der Waals surface area contributed by atoms with Gasteiger partial charge in [0.2, 0.25) is 5.78 Å². The molecule has 4 rings (SSSR count). The highest BCUT2D eigenvalue weighted by atomic mass is 16.5. The van der Waals surface area contributed by atoms with Crippen LogP contribution >= 0.6 is 0 Å². The Kier molecular flexibility index (Phi) is 2.71. The zero-order valence-corrected chi connectivity index (χ0v) is 11.3. The summed E-state index contributed by atoms with van der Waals surface area (Å²) < 4.78 is 5.77. The molecule has 0 spiro atoms. The highest BCUT2D eigenvalue weighted by Gasteiger charge is 2.29. The highest BCUT2D eigenvalue weighted by Crippen LogP contribution is 2.30. The van der Waals surface area contributed by atoms with Gasteiger partial charge >= 0.3 is 0 Å². The Balaban J connectivity index is 1.65. The van der Waals surface area contributed by atoms with E-state index < -0.39 is 6.10 Å². The van der Waals surface area contributed by atoms with Gasteiger partial charge in [0, 0.05) is 23.6 Å². The summed E-state index contributed by atoms with van der Waals surface area (Å²) in [6.45, 7) is 0. The first-order valence-corrected chi connectivity index (χ1v) is 6.95. The van der Waals surface area contributed by atoms with Crippen LogP contribution in [0.1, 0.15) is 15.9 Å². The predicted octanol–water partition coefficient (Wildman–Crippen LogP) is 3.42. The van der Waals surface area contributed by atoms with Crippen molar-refractivity contribution in [3.63, 3.8) is 0 Å². The molecule has 21 heavy (non-hydrogen) atoms. The third kappa shape index (κ3) is 2.07. The Morgan fingerprint density at radius 2 is 2.00 bits per heavy atom. The van der Waals surface area contributed by atoms with E-state index in [0.29, 0.717) is 12.0 Å². The normalized spacial score (nSPS) is 16.5. The van der Waals surface area contributed by atoms with E-state index in [1.807, 2.05) is 54.6 Å². The fourth-order valence-corrected chi connectivity index (χ4v) is 2.73. The maximum absolute atomic E-state index is 12.6. The van der Waals surface area contributed by atoms with E-state index in [2.05, 4.69) is 4.98 Å². The predicted molar refractivity (Wildman–Crippen MR) is 80.6 cm³/mol. The van der Waals surface area contributed by atoms with Gasteiger partial charge in [0.25, 0.3) is 0 Å². The molecule has 0 radical (unpaired) electrons. The van der Waals surface area contributed by atoms with Crippen LogP contribution in [0.25, 0.3) is 10.9 Å². The first-order valence-electron chi connectivity index (χ1n) is 6.95. The average molecular weight is 275 g/mol. The Morgan fingerprint density at radius 3 is 2.90 bits per heavy atom. The second-order valence-electron chi connectivity index (χ2n) is 5.19. The number of Topliss-reactive ketones (excluding diaryl/α,β-unsaturated/α-hetero) is 1. The summed E-state index contributed by atoms with van der Waals surface area (Å²) in [7, 11) is 0. The van der Waals surface area contributed by atoms with Crippen molar-refractivity contribution in [2.75, 3.05) is 0 Å². The number of ether oxygens (including phenoxy) is 1. The molecule has 0 bridgehead atoms. The number of hydrogen-bond donors (Lipinski definition) is 0. The van der Waals surface area contributed by atoms with E-state index in [1.54, 1.807) is 6.20 Å². The zero-order valence-electron chi connectivity index (χ0n) is 11.3. The molecule has 0 saturated heterocycles. The van der Waals surface area contributed by atoms with Crippen LogP contribution in [0.3, 0.4) is 0 Å². The van der Waals surface area contributed by atoms with Gasteiger partial charge in [0.1, 0.15) is 5.75 Å². The van der Waals surface area contributed by atoms with Gasteiger partial charge in [0.15, 0.2) is 6.10 Å². The number of pyridine rings is 1. The largest absolute Gasteiger partial charge is 0.482 e. The van der Waals surface area contributed by atoms with Gasteiger partial charge in [-0.2, -0.15) is 0 Å². The standard InChI is InChI=1S/C18H13NO2/c20-18(17-11-13-4-1-2-6-16(13)21-17)14-8-7-12-5-3-9-19-15(12)10-14/h1-10,17H,11H2. The van der Waals surface area contributed by atoms with Crippen LogP contribution in [-0.4, -0.2) is 16.9 Å². The number of benzene rings is 2. The lowest BCUT2D eigenvalue weighted by atomic mass is 10.0. The van der Waals surface area contributed by atoms with Gasteiger partial charge in [-0.25, -0.2) is 0 Å². The molecule has 2 heterocycles. The smallest absolute Gasteiger partial charge is 0.203 e. The monoisotopic (exact) mass is 275 g/mol. The first kappa shape index (κ1) is 12.1. The van der Waals surface area contributed by atoms with Crippen molar-refractivity contribution in [1.29, 1.82) is 0 Å². The average Bonchev–Trinajstić information content (AvgIpc) is 2.97. The lowest BCUT2D eigenvalue weighted by Crippen LogP contribution is -2.25. The van der Waals surface area contributed by atoms with Gasteiger partial charge in [-0.1, -0.05) is 36.4 Å². The minimum Gasteiger partial charge on any atom is -0.482 e. The molecule has 0 saturated carbocycles. The van der Waals surface area contributed by atoms with Gasteiger partial charge < -0.3 is 4.74 Å². The third-order valence-corrected chi connectivity index (χ3v) is 3.83. The van der Waals surface area contributed by atoms with Crippen molar-refractivity contribution < 1.29 is 9.53 Å². The van der Waals surface area contributed by atoms with Crippen molar-refractivity contribution in [2.45, 2.75) is 12.5 Å². The zero-order chi connectivity index (χ0) is 14.2. The molecule has 3 heteroatoms. The van der Waals surface area contributed by atoms with Gasteiger partial charge in [-0.3, -0.25) is 9.78 Å². The fraction of sp³-hybridized carbons (Fsp3) is 0.111. The lowest BCUT2D eigenvalue weighted by molar-refractivity contribution is 0.0825. The van der Waals surface area contributed by atoms with Crippen LogP contribution in [0.15, 0.2) is 60.8 Å². The second-order valence-corrected chi connectivity index (χ2v) is 5.19. The van der Waals surface area contributed by atoms with Crippen LogP contribution in [0, 0.1) is 0 Å². The van der Waals surface area contributed by atoms with E-state index in [4.69, 9.17) is 4.74 Å². The van der Waals surface area contributed by atoms with E-state index in [9.17, 15) is 4.79 Å². The molecule has 0 amide bonds. The van der Waals surface area contributed by atoms with Crippen molar-refractivity contribution >= 4 is 16.7 Å². The maximum atomic E-state index is 12.6. The number of carbonyl (C=O) groups is 1. The minimum absolute atomic E-state index is 0.0127. The quantitative estimate of drug-likeness (QED) is 0.673. The van der Waals surface area contributed by atoms with Crippen LogP contribution < -0.4 is 4.74 Å². The van der Waals surface area contributed by atoms with Crippen LogP contribution in [0.4, 0.5) is 0 Å². The first-order chi connectivity index (χ1) is 10.3. The number of aromatic nitrogens is 1. The van der Waals surface area contributed by atoms with Crippen molar-refractivity contribution in [1.82, 2.24) is 4.98 Å². The Labute approximate surface area is 122 Å². The molecule has 1 aromatic heterocycles. The summed E-state index contributed by atoms with van der Waals surface area (Å²) >= 11 is 0. The number of hydrogen-bond acceptors (Lipinski definition) is 3. The number of fused-ring (bicyclic) bond motifs is 2. The molecule has 2 aromatic carbocycles. The Bertz CT molecular complexity index is 816. The molecule has 1 aliphatic rings. The van der Waals surface area contributed by atoms with E-state index in [0.717, 1.165) is 22.2 Å². The summed E-state index contributed by atoms with van der Waals surface area (Å²) in [5.74, 6) is 0.827. The molecule has 3 aromatic rings. The highest BCUT2D eigenvalue weighted by molar-refractivity contribution is 6.02. The van der Waals surface area contributed by atoms with Crippen molar-refractivity contribution in [3.8, 4) is 5.75 Å². The molecule has 0 fully saturated rings. The molecule has 1 unspecified atom stereocenters. The molecule has 0 N–H and O–H groups in total. The SMILES string of the molecule is O=C(c1ccc2cccnc2c1)C1Cc2ccccc2O1. The van der Waals surface area contributed by atoms with Gasteiger partial charge in [-0.15, -0.1) is 0 Å². The van der Waals surface area contributed by atoms with Gasteiger partial charge in [0.05, 0.1) is 5.52 Å². The molecule has 102 valence electrons. The molecular formula is C18H13NO2. The third-order valence-electron chi connectivity index (χ3n) is 3.83. The number of nitrogens with zero attached hydrogens (tertiary/aromatic N) is 1. The van der Waals surface area contributed by atoms with Crippen molar-refractivity contribution in [2.24, 2.45) is 0 Å². The minimum atomic E-state index is -0.427. The molecular weight excluding hydrogens is 262 g/mol. The second kappa shape index (κ2) is 4.70. The van der Waals surface area contributed by atoms with E-state index in [1.165, 1.54) is 0 Å². The Hall–Kier alpha value is -2.68. The van der Waals surface area contributed by atoms with E-state index >= 15 is 0 Å². The Morgan fingerprint density at radius 1 is 1.10 bits per heavy atom. The van der Waals surface area contributed by atoms with Crippen LogP contribution in [0.2, 0.25) is 0 Å². The van der Waals surface area contributed by atoms with Crippen LogP contribution in [0.5, 0.6) is 5.75 Å².